The maximum Gasteiger partial charge on any atom is 0.240 e. The third kappa shape index (κ3) is 5.91. The summed E-state index contributed by atoms with van der Waals surface area (Å²) in [6, 6.07) is 28.3. The number of halogens is 2. The van der Waals surface area contributed by atoms with Crippen LogP contribution in [0, 0.1) is 5.92 Å². The van der Waals surface area contributed by atoms with Crippen LogP contribution in [-0.4, -0.2) is 24.4 Å². The van der Waals surface area contributed by atoms with Crippen molar-refractivity contribution in [3.8, 4) is 0 Å². The van der Waals surface area contributed by atoms with Gasteiger partial charge in [-0.3, -0.25) is 4.79 Å². The Morgan fingerprint density at radius 2 is 1.12 bits per heavy atom. The molecular weight excluding hydrogens is 420 g/mol. The molecule has 32 heavy (non-hydrogen) atoms. The maximum absolute atomic E-state index is 15.8. The average Bonchev–Trinajstić information content (AvgIpc) is 2.78. The van der Waals surface area contributed by atoms with E-state index in [1.807, 2.05) is 91.0 Å². The number of rotatable bonds is 9. The van der Waals surface area contributed by atoms with Crippen molar-refractivity contribution in [1.82, 2.24) is 4.90 Å². The summed E-state index contributed by atoms with van der Waals surface area (Å²) in [6.45, 7) is 5.49. The number of hydrogen-bond donors (Lipinski definition) is 0. The standard InChI is InChI=1S/C27H31F2NOSi/c1-32(2,3)27(28,29)25(19-22-13-7-4-8-14-22)26(31)30(20-23-15-9-5-10-16-23)21-24-17-11-6-12-18-24/h4-18,25H,19-21H2,1-3H3. The molecule has 0 spiro atoms. The van der Waals surface area contributed by atoms with E-state index < -0.39 is 25.4 Å². The topological polar surface area (TPSA) is 20.3 Å². The molecule has 168 valence electrons. The number of alkyl halides is 2. The summed E-state index contributed by atoms with van der Waals surface area (Å²) in [5, 5.41) is 0. The minimum atomic E-state index is -3.05. The lowest BCUT2D eigenvalue weighted by Crippen LogP contribution is -2.56. The minimum absolute atomic E-state index is 0.0248. The largest absolute Gasteiger partial charge is 0.334 e. The van der Waals surface area contributed by atoms with Crippen molar-refractivity contribution >= 4 is 14.0 Å². The molecule has 1 unspecified atom stereocenters. The van der Waals surface area contributed by atoms with Gasteiger partial charge in [-0.15, -0.1) is 0 Å². The summed E-state index contributed by atoms with van der Waals surface area (Å²) in [6.07, 6.45) is 0.0248. The van der Waals surface area contributed by atoms with Crippen molar-refractivity contribution in [3.05, 3.63) is 108 Å². The van der Waals surface area contributed by atoms with Gasteiger partial charge in [0.15, 0.2) is 0 Å². The van der Waals surface area contributed by atoms with Gasteiger partial charge in [-0.05, 0) is 23.1 Å². The lowest BCUT2D eigenvalue weighted by molar-refractivity contribution is -0.145. The first-order chi connectivity index (χ1) is 15.2. The Morgan fingerprint density at radius 3 is 1.50 bits per heavy atom. The fourth-order valence-corrected chi connectivity index (χ4v) is 5.05. The Hall–Kier alpha value is -2.79. The zero-order valence-electron chi connectivity index (χ0n) is 19.0. The first-order valence-electron chi connectivity index (χ1n) is 11.0. The van der Waals surface area contributed by atoms with Gasteiger partial charge in [0.1, 0.15) is 14.0 Å². The number of benzene rings is 3. The summed E-state index contributed by atoms with van der Waals surface area (Å²) in [5.74, 6) is -1.89. The molecule has 0 bridgehead atoms. The van der Waals surface area contributed by atoms with Crippen LogP contribution in [0.1, 0.15) is 16.7 Å². The van der Waals surface area contributed by atoms with Gasteiger partial charge in [0.05, 0.1) is 0 Å². The van der Waals surface area contributed by atoms with Gasteiger partial charge in [-0.2, -0.15) is 0 Å². The number of nitrogens with zero attached hydrogens (tertiary/aromatic N) is 1. The number of carbonyl (C=O) groups is 1. The van der Waals surface area contributed by atoms with Gasteiger partial charge in [0, 0.05) is 13.1 Å². The summed E-state index contributed by atoms with van der Waals surface area (Å²) in [4.78, 5) is 15.4. The molecule has 3 rings (SSSR count). The van der Waals surface area contributed by atoms with Crippen molar-refractivity contribution in [1.29, 1.82) is 0 Å². The van der Waals surface area contributed by atoms with Crippen LogP contribution >= 0.6 is 0 Å². The quantitative estimate of drug-likeness (QED) is 0.336. The van der Waals surface area contributed by atoms with Crippen molar-refractivity contribution in [3.63, 3.8) is 0 Å². The van der Waals surface area contributed by atoms with Gasteiger partial charge in [0.25, 0.3) is 0 Å². The van der Waals surface area contributed by atoms with Gasteiger partial charge < -0.3 is 4.90 Å². The molecule has 0 aliphatic rings. The van der Waals surface area contributed by atoms with Gasteiger partial charge in [-0.25, -0.2) is 8.78 Å². The number of amides is 1. The van der Waals surface area contributed by atoms with E-state index >= 15 is 8.78 Å². The molecule has 1 atom stereocenters. The molecule has 0 fully saturated rings. The normalized spacial score (nSPS) is 12.9. The predicted octanol–water partition coefficient (Wildman–Crippen LogP) is 6.59. The van der Waals surface area contributed by atoms with Crippen molar-refractivity contribution in [2.24, 2.45) is 5.92 Å². The highest BCUT2D eigenvalue weighted by atomic mass is 28.3. The summed E-state index contributed by atoms with van der Waals surface area (Å²) in [7, 11) is -2.98. The van der Waals surface area contributed by atoms with Crippen LogP contribution in [0.5, 0.6) is 0 Å². The van der Waals surface area contributed by atoms with E-state index in [1.54, 1.807) is 24.5 Å². The first-order valence-corrected chi connectivity index (χ1v) is 14.5. The summed E-state index contributed by atoms with van der Waals surface area (Å²) in [5.41, 5.74) is -0.452. The molecular formula is C27H31F2NOSi. The molecule has 2 nitrogen and oxygen atoms in total. The zero-order valence-corrected chi connectivity index (χ0v) is 20.0. The molecule has 3 aromatic carbocycles. The fourth-order valence-electron chi connectivity index (χ4n) is 3.78. The van der Waals surface area contributed by atoms with Gasteiger partial charge >= 0.3 is 0 Å². The van der Waals surface area contributed by atoms with Crippen molar-refractivity contribution in [2.75, 3.05) is 0 Å². The Morgan fingerprint density at radius 1 is 0.750 bits per heavy atom. The maximum atomic E-state index is 15.8. The van der Waals surface area contributed by atoms with Gasteiger partial charge in [0.2, 0.25) is 11.5 Å². The fraction of sp³-hybridized carbons (Fsp3) is 0.296. The van der Waals surface area contributed by atoms with Crippen LogP contribution in [0.2, 0.25) is 19.6 Å². The highest BCUT2D eigenvalue weighted by molar-refractivity contribution is 6.78. The van der Waals surface area contributed by atoms with Crippen molar-refractivity contribution < 1.29 is 13.6 Å². The highest BCUT2D eigenvalue weighted by Gasteiger charge is 2.54. The van der Waals surface area contributed by atoms with E-state index in [1.165, 1.54) is 0 Å². The molecule has 0 saturated carbocycles. The van der Waals surface area contributed by atoms with E-state index in [9.17, 15) is 4.79 Å². The van der Waals surface area contributed by atoms with Crippen LogP contribution < -0.4 is 0 Å². The lowest BCUT2D eigenvalue weighted by atomic mass is 9.97. The lowest BCUT2D eigenvalue weighted by Gasteiger charge is -2.38. The number of carbonyl (C=O) groups excluding carboxylic acids is 1. The molecule has 5 heteroatoms. The number of hydrogen-bond acceptors (Lipinski definition) is 1. The Balaban J connectivity index is 1.98. The van der Waals surface area contributed by atoms with Crippen LogP contribution in [0.25, 0.3) is 0 Å². The van der Waals surface area contributed by atoms with E-state index in [4.69, 9.17) is 0 Å². The second kappa shape index (κ2) is 10.2. The molecule has 0 heterocycles. The van der Waals surface area contributed by atoms with E-state index in [-0.39, 0.29) is 6.42 Å². The molecule has 0 saturated heterocycles. The van der Waals surface area contributed by atoms with Crippen LogP contribution in [-0.2, 0) is 24.3 Å². The van der Waals surface area contributed by atoms with Gasteiger partial charge in [-0.1, -0.05) is 111 Å². The average molecular weight is 452 g/mol. The van der Waals surface area contributed by atoms with Crippen LogP contribution in [0.4, 0.5) is 8.78 Å². The Labute approximate surface area is 190 Å². The van der Waals surface area contributed by atoms with E-state index in [2.05, 4.69) is 0 Å². The molecule has 3 aromatic rings. The second-order valence-corrected chi connectivity index (χ2v) is 14.4. The first kappa shape index (κ1) is 23.9. The monoisotopic (exact) mass is 451 g/mol. The minimum Gasteiger partial charge on any atom is -0.334 e. The van der Waals surface area contributed by atoms with Crippen LogP contribution in [0.3, 0.4) is 0 Å². The molecule has 0 aliphatic carbocycles. The smallest absolute Gasteiger partial charge is 0.240 e. The Bertz CT molecular complexity index is 947. The molecule has 0 aromatic heterocycles. The molecule has 1 amide bonds. The SMILES string of the molecule is C[Si](C)(C)C(F)(F)C(Cc1ccccc1)C(=O)N(Cc1ccccc1)Cc1ccccc1. The second-order valence-electron chi connectivity index (χ2n) is 9.28. The van der Waals surface area contributed by atoms with E-state index in [0.717, 1.165) is 16.7 Å². The third-order valence-corrected chi connectivity index (χ3v) is 8.11. The summed E-state index contributed by atoms with van der Waals surface area (Å²) >= 11 is 0. The Kier molecular flexibility index (Phi) is 7.62. The van der Waals surface area contributed by atoms with Crippen LogP contribution in [0.15, 0.2) is 91.0 Å². The molecule has 0 radical (unpaired) electrons. The third-order valence-electron chi connectivity index (χ3n) is 5.76. The van der Waals surface area contributed by atoms with Crippen molar-refractivity contribution in [2.45, 2.75) is 44.7 Å². The zero-order chi connectivity index (χ0) is 23.2. The highest BCUT2D eigenvalue weighted by Crippen LogP contribution is 2.38. The van der Waals surface area contributed by atoms with E-state index in [0.29, 0.717) is 13.1 Å². The molecule has 0 N–H and O–H groups in total. The predicted molar refractivity (Wildman–Crippen MR) is 129 cm³/mol. The summed E-state index contributed by atoms with van der Waals surface area (Å²) < 4.78 is 31.6. The molecule has 0 aliphatic heterocycles.